The number of ether oxygens (including phenoxy) is 2. The first-order chi connectivity index (χ1) is 10.8. The summed E-state index contributed by atoms with van der Waals surface area (Å²) in [5.41, 5.74) is 8.51. The van der Waals surface area contributed by atoms with Gasteiger partial charge in [0.25, 0.3) is 0 Å². The van der Waals surface area contributed by atoms with E-state index in [1.807, 2.05) is 28.9 Å². The van der Waals surface area contributed by atoms with Gasteiger partial charge in [-0.05, 0) is 23.6 Å². The Bertz CT molecular complexity index is 798. The molecule has 7 heteroatoms. The maximum Gasteiger partial charge on any atom is 0.231 e. The summed E-state index contributed by atoms with van der Waals surface area (Å²) in [4.78, 5) is 1.25. The zero-order valence-electron chi connectivity index (χ0n) is 11.7. The summed E-state index contributed by atoms with van der Waals surface area (Å²) in [6, 6.07) is 9.88. The van der Waals surface area contributed by atoms with E-state index in [9.17, 15) is 0 Å². The van der Waals surface area contributed by atoms with Crippen molar-refractivity contribution in [3.05, 3.63) is 52.0 Å². The van der Waals surface area contributed by atoms with Crippen molar-refractivity contribution in [3.8, 4) is 17.2 Å². The van der Waals surface area contributed by atoms with Crippen LogP contribution in [0.25, 0.3) is 5.69 Å². The van der Waals surface area contributed by atoms with Gasteiger partial charge >= 0.3 is 0 Å². The Hall–Kier alpha value is -2.38. The molecule has 0 saturated heterocycles. The molecule has 0 saturated carbocycles. The fourth-order valence-corrected chi connectivity index (χ4v) is 3.18. The van der Waals surface area contributed by atoms with Crippen molar-refractivity contribution >= 4 is 11.3 Å². The van der Waals surface area contributed by atoms with E-state index >= 15 is 0 Å². The van der Waals surface area contributed by atoms with Gasteiger partial charge in [0.2, 0.25) is 6.79 Å². The van der Waals surface area contributed by atoms with E-state index in [0.29, 0.717) is 6.54 Å². The first kappa shape index (κ1) is 13.3. The largest absolute Gasteiger partial charge is 0.454 e. The van der Waals surface area contributed by atoms with Crippen LogP contribution in [0.2, 0.25) is 0 Å². The lowest BCUT2D eigenvalue weighted by Crippen LogP contribution is -2.06. The van der Waals surface area contributed by atoms with Crippen molar-refractivity contribution in [3.63, 3.8) is 0 Å². The predicted molar refractivity (Wildman–Crippen MR) is 82.5 cm³/mol. The van der Waals surface area contributed by atoms with Gasteiger partial charge in [-0.25, -0.2) is 4.68 Å². The summed E-state index contributed by atoms with van der Waals surface area (Å²) >= 11 is 1.71. The number of thiophene rings is 1. The minimum Gasteiger partial charge on any atom is -0.454 e. The second-order valence-electron chi connectivity index (χ2n) is 4.89. The number of aromatic nitrogens is 3. The Labute approximate surface area is 131 Å². The van der Waals surface area contributed by atoms with Gasteiger partial charge in [0.05, 0.1) is 11.4 Å². The topological polar surface area (TPSA) is 75.2 Å². The number of hydrogen-bond donors (Lipinski definition) is 1. The molecule has 6 nitrogen and oxygen atoms in total. The average Bonchev–Trinajstić information content (AvgIpc) is 3.27. The summed E-state index contributed by atoms with van der Waals surface area (Å²) in [6.45, 7) is 0.623. The fourth-order valence-electron chi connectivity index (χ4n) is 2.47. The Morgan fingerprint density at radius 3 is 2.95 bits per heavy atom. The average molecular weight is 314 g/mol. The monoisotopic (exact) mass is 314 g/mol. The van der Waals surface area contributed by atoms with Crippen molar-refractivity contribution in [1.82, 2.24) is 15.0 Å². The molecule has 2 aromatic heterocycles. The van der Waals surface area contributed by atoms with Gasteiger partial charge in [-0.1, -0.05) is 11.3 Å². The quantitative estimate of drug-likeness (QED) is 0.798. The normalized spacial score (nSPS) is 12.8. The minimum absolute atomic E-state index is 0.256. The number of nitrogens with two attached hydrogens (primary N) is 1. The maximum atomic E-state index is 5.80. The van der Waals surface area contributed by atoms with Gasteiger partial charge in [0, 0.05) is 23.9 Å². The Morgan fingerprint density at radius 2 is 2.14 bits per heavy atom. The molecule has 4 rings (SSSR count). The van der Waals surface area contributed by atoms with Crippen LogP contribution in [-0.4, -0.2) is 21.8 Å². The van der Waals surface area contributed by atoms with E-state index in [-0.39, 0.29) is 6.79 Å². The minimum atomic E-state index is 0.256. The molecule has 1 aliphatic heterocycles. The summed E-state index contributed by atoms with van der Waals surface area (Å²) in [5.74, 6) is 1.48. The second kappa shape index (κ2) is 5.43. The third kappa shape index (κ3) is 2.24. The molecule has 1 aliphatic rings. The van der Waals surface area contributed by atoms with Gasteiger partial charge in [-0.15, -0.1) is 16.4 Å². The lowest BCUT2D eigenvalue weighted by Gasteiger charge is -2.07. The molecule has 3 aromatic rings. The molecule has 0 atom stereocenters. The van der Waals surface area contributed by atoms with Gasteiger partial charge < -0.3 is 15.2 Å². The lowest BCUT2D eigenvalue weighted by molar-refractivity contribution is 0.174. The summed E-state index contributed by atoms with van der Waals surface area (Å²) < 4.78 is 12.6. The predicted octanol–water partition coefficient (Wildman–Crippen LogP) is 2.11. The van der Waals surface area contributed by atoms with Crippen LogP contribution in [0.15, 0.2) is 35.7 Å². The van der Waals surface area contributed by atoms with Crippen molar-refractivity contribution in [1.29, 1.82) is 0 Å². The van der Waals surface area contributed by atoms with Gasteiger partial charge in [-0.3, -0.25) is 0 Å². The van der Waals surface area contributed by atoms with Crippen LogP contribution < -0.4 is 15.2 Å². The zero-order valence-corrected chi connectivity index (χ0v) is 12.5. The van der Waals surface area contributed by atoms with E-state index in [1.54, 1.807) is 11.3 Å². The van der Waals surface area contributed by atoms with Crippen molar-refractivity contribution < 1.29 is 9.47 Å². The fraction of sp³-hybridized carbons (Fsp3) is 0.200. The molecule has 0 radical (unpaired) electrons. The van der Waals surface area contributed by atoms with Gasteiger partial charge in [-0.2, -0.15) is 0 Å². The summed E-state index contributed by atoms with van der Waals surface area (Å²) in [5, 5.41) is 10.5. The maximum absolute atomic E-state index is 5.80. The van der Waals surface area contributed by atoms with E-state index < -0.39 is 0 Å². The number of benzene rings is 1. The van der Waals surface area contributed by atoms with Crippen LogP contribution in [0.4, 0.5) is 0 Å². The lowest BCUT2D eigenvalue weighted by atomic mass is 10.2. The van der Waals surface area contributed by atoms with Crippen molar-refractivity contribution in [2.45, 2.75) is 13.0 Å². The van der Waals surface area contributed by atoms with Crippen molar-refractivity contribution in [2.75, 3.05) is 6.79 Å². The second-order valence-corrected chi connectivity index (χ2v) is 5.92. The van der Waals surface area contributed by atoms with E-state index in [1.165, 1.54) is 4.88 Å². The number of rotatable bonds is 4. The molecule has 0 fully saturated rings. The highest BCUT2D eigenvalue weighted by Gasteiger charge is 2.18. The third-order valence-electron chi connectivity index (χ3n) is 3.56. The first-order valence-electron chi connectivity index (χ1n) is 6.91. The third-order valence-corrected chi connectivity index (χ3v) is 4.44. The summed E-state index contributed by atoms with van der Waals surface area (Å²) in [6.07, 6.45) is 0.756. The SMILES string of the molecule is NCc1nnn(-c2ccc3c(c2)OCO3)c1Cc1cccs1. The van der Waals surface area contributed by atoms with Crippen LogP contribution in [0, 0.1) is 0 Å². The molecule has 2 N–H and O–H groups in total. The van der Waals surface area contributed by atoms with E-state index in [2.05, 4.69) is 21.8 Å². The van der Waals surface area contributed by atoms with E-state index in [4.69, 9.17) is 15.2 Å². The molecule has 0 spiro atoms. The Morgan fingerprint density at radius 1 is 1.23 bits per heavy atom. The standard InChI is InChI=1S/C15H14N4O2S/c16-8-12-13(7-11-2-1-5-22-11)19(18-17-12)10-3-4-14-15(6-10)21-9-20-14/h1-6H,7-9,16H2. The smallest absolute Gasteiger partial charge is 0.231 e. The molecule has 22 heavy (non-hydrogen) atoms. The highest BCUT2D eigenvalue weighted by atomic mass is 32.1. The van der Waals surface area contributed by atoms with Crippen molar-refractivity contribution in [2.24, 2.45) is 5.73 Å². The number of nitrogens with zero attached hydrogens (tertiary/aromatic N) is 3. The molecule has 3 heterocycles. The number of hydrogen-bond acceptors (Lipinski definition) is 6. The number of fused-ring (bicyclic) bond motifs is 1. The highest BCUT2D eigenvalue weighted by Crippen LogP contribution is 2.34. The Kier molecular flexibility index (Phi) is 3.28. The van der Waals surface area contributed by atoms with Crippen LogP contribution in [-0.2, 0) is 13.0 Å². The van der Waals surface area contributed by atoms with Crippen LogP contribution in [0.5, 0.6) is 11.5 Å². The van der Waals surface area contributed by atoms with Gasteiger partial charge in [0.15, 0.2) is 11.5 Å². The summed E-state index contributed by atoms with van der Waals surface area (Å²) in [7, 11) is 0. The molecule has 112 valence electrons. The van der Waals surface area contributed by atoms with Crippen LogP contribution in [0.1, 0.15) is 16.3 Å². The zero-order chi connectivity index (χ0) is 14.9. The molecule has 1 aromatic carbocycles. The molecular weight excluding hydrogens is 300 g/mol. The first-order valence-corrected chi connectivity index (χ1v) is 7.79. The molecule has 0 bridgehead atoms. The highest BCUT2D eigenvalue weighted by molar-refractivity contribution is 7.09. The Balaban J connectivity index is 1.76. The molecular formula is C15H14N4O2S. The molecule has 0 aliphatic carbocycles. The van der Waals surface area contributed by atoms with Crippen LogP contribution >= 0.6 is 11.3 Å². The van der Waals surface area contributed by atoms with E-state index in [0.717, 1.165) is 35.0 Å². The van der Waals surface area contributed by atoms with Crippen LogP contribution in [0.3, 0.4) is 0 Å². The molecule has 0 amide bonds. The van der Waals surface area contributed by atoms with Gasteiger partial charge in [0.1, 0.15) is 5.69 Å². The molecule has 0 unspecified atom stereocenters.